The highest BCUT2D eigenvalue weighted by molar-refractivity contribution is 5.80. The normalized spacial score (nSPS) is 9.68. The molecule has 0 spiro atoms. The number of hydrogen-bond acceptors (Lipinski definition) is 2. The van der Waals surface area contributed by atoms with Crippen LogP contribution in [0.3, 0.4) is 0 Å². The molecule has 1 N–H and O–H groups in total. The van der Waals surface area contributed by atoms with E-state index in [2.05, 4.69) is 51.1 Å². The van der Waals surface area contributed by atoms with Gasteiger partial charge in [0.1, 0.15) is 5.78 Å². The molecule has 108 valence electrons. The Balaban J connectivity index is 0. The highest BCUT2D eigenvalue weighted by Gasteiger charge is 2.11. The number of aliphatic carboxylic acids is 1. The first-order valence-electron chi connectivity index (χ1n) is 6.00. The molecule has 0 radical (unpaired) electrons. The maximum atomic E-state index is 10.1. The molecular weight excluding hydrogens is 240 g/mol. The highest BCUT2D eigenvalue weighted by Crippen LogP contribution is 2.20. The van der Waals surface area contributed by atoms with Gasteiger partial charge in [-0.15, -0.1) is 0 Å². The van der Waals surface area contributed by atoms with Gasteiger partial charge in [-0.1, -0.05) is 58.5 Å². The lowest BCUT2D eigenvalue weighted by molar-refractivity contribution is -0.138. The largest absolute Gasteiger partial charge is 0.481 e. The highest BCUT2D eigenvalue weighted by atomic mass is 16.4. The summed E-state index contributed by atoms with van der Waals surface area (Å²) in [5.41, 5.74) is 1.69. The molecule has 0 amide bonds. The first kappa shape index (κ1) is 19.7. The van der Waals surface area contributed by atoms with E-state index in [1.54, 1.807) is 0 Å². The topological polar surface area (TPSA) is 54.4 Å². The van der Waals surface area contributed by atoms with Crippen molar-refractivity contribution in [2.45, 2.75) is 53.4 Å². The zero-order valence-corrected chi connectivity index (χ0v) is 11.6. The molecule has 0 aliphatic rings. The third-order valence-corrected chi connectivity index (χ3v) is 2.33. The zero-order chi connectivity index (χ0) is 14.2. The fourth-order valence-electron chi connectivity index (χ4n) is 1.22. The number of ketones is 1. The molecule has 19 heavy (non-hydrogen) atoms. The van der Waals surface area contributed by atoms with Gasteiger partial charge in [-0.2, -0.15) is 0 Å². The molecule has 0 unspecified atom stereocenters. The van der Waals surface area contributed by atoms with Crippen LogP contribution in [0, 0.1) is 0 Å². The summed E-state index contributed by atoms with van der Waals surface area (Å²) in [5, 5.41) is 8.01. The minimum Gasteiger partial charge on any atom is -0.481 e. The van der Waals surface area contributed by atoms with E-state index in [4.69, 9.17) is 5.11 Å². The van der Waals surface area contributed by atoms with Crippen LogP contribution in [-0.4, -0.2) is 16.9 Å². The molecule has 0 atom stereocenters. The minimum absolute atomic E-state index is 0. The Bertz CT molecular complexity index is 361. The molecule has 1 aromatic carbocycles. The van der Waals surface area contributed by atoms with E-state index < -0.39 is 5.97 Å². The zero-order valence-electron chi connectivity index (χ0n) is 11.6. The van der Waals surface area contributed by atoms with Crippen molar-refractivity contribution in [3.63, 3.8) is 0 Å². The van der Waals surface area contributed by atoms with Crippen LogP contribution >= 0.6 is 0 Å². The molecule has 1 aromatic rings. The molecular formula is C16H26O3. The number of carbonyl (C=O) groups excluding carboxylic acids is 1. The molecule has 0 aromatic heterocycles. The number of Topliss-reactive ketones (excluding diaryl/α,β-unsaturated/α-hetero) is 1. The number of carboxylic acids is 1. The van der Waals surface area contributed by atoms with Gasteiger partial charge in [-0.25, -0.2) is 0 Å². The SMILES string of the molecule is C.CC(=O)CCC(=O)O.CC(C)(C)c1ccccc1. The van der Waals surface area contributed by atoms with Crippen molar-refractivity contribution in [3.05, 3.63) is 35.9 Å². The lowest BCUT2D eigenvalue weighted by Crippen LogP contribution is -2.10. The summed E-state index contributed by atoms with van der Waals surface area (Å²) in [7, 11) is 0. The van der Waals surface area contributed by atoms with Gasteiger partial charge in [-0.3, -0.25) is 4.79 Å². The molecule has 0 aliphatic carbocycles. The lowest BCUT2D eigenvalue weighted by atomic mass is 9.87. The third kappa shape index (κ3) is 11.2. The lowest BCUT2D eigenvalue weighted by Gasteiger charge is -2.18. The Kier molecular flexibility index (Phi) is 9.65. The fraction of sp³-hybridized carbons (Fsp3) is 0.500. The first-order chi connectivity index (χ1) is 8.23. The van der Waals surface area contributed by atoms with E-state index >= 15 is 0 Å². The number of rotatable bonds is 3. The van der Waals surface area contributed by atoms with Gasteiger partial charge >= 0.3 is 5.97 Å². The van der Waals surface area contributed by atoms with Gasteiger partial charge in [-0.05, 0) is 17.9 Å². The van der Waals surface area contributed by atoms with Crippen LogP contribution in [0.1, 0.15) is 53.5 Å². The van der Waals surface area contributed by atoms with E-state index in [-0.39, 0.29) is 26.1 Å². The predicted molar refractivity (Wildman–Crippen MR) is 79.4 cm³/mol. The Hall–Kier alpha value is -1.64. The monoisotopic (exact) mass is 266 g/mol. The molecule has 0 saturated heterocycles. The van der Waals surface area contributed by atoms with E-state index in [0.29, 0.717) is 5.41 Å². The van der Waals surface area contributed by atoms with Gasteiger partial charge in [0, 0.05) is 6.42 Å². The average molecular weight is 266 g/mol. The maximum Gasteiger partial charge on any atom is 0.303 e. The molecule has 3 nitrogen and oxygen atoms in total. The quantitative estimate of drug-likeness (QED) is 0.897. The molecule has 0 fully saturated rings. The molecule has 0 bridgehead atoms. The summed E-state index contributed by atoms with van der Waals surface area (Å²) in [6.45, 7) is 8.05. The van der Waals surface area contributed by atoms with Crippen LogP contribution in [0.15, 0.2) is 30.3 Å². The second-order valence-corrected chi connectivity index (χ2v) is 5.21. The van der Waals surface area contributed by atoms with E-state index in [1.165, 1.54) is 12.5 Å². The van der Waals surface area contributed by atoms with E-state index in [0.717, 1.165) is 0 Å². The fourth-order valence-corrected chi connectivity index (χ4v) is 1.22. The Morgan fingerprint density at radius 2 is 1.53 bits per heavy atom. The standard InChI is InChI=1S/C10H14.C5H8O3.CH4/c1-10(2,3)9-7-5-4-6-8-9;1-4(6)2-3-5(7)8;/h4-8H,1-3H3;2-3H2,1H3,(H,7,8);1H4. The van der Waals surface area contributed by atoms with Crippen molar-refractivity contribution < 1.29 is 14.7 Å². The number of carboxylic acid groups (broad SMARTS) is 1. The average Bonchev–Trinajstić information content (AvgIpc) is 2.27. The molecule has 0 saturated carbocycles. The van der Waals surface area contributed by atoms with Gasteiger partial charge in [0.05, 0.1) is 6.42 Å². The van der Waals surface area contributed by atoms with Gasteiger partial charge in [0.15, 0.2) is 0 Å². The third-order valence-electron chi connectivity index (χ3n) is 2.33. The van der Waals surface area contributed by atoms with Crippen LogP contribution < -0.4 is 0 Å². The minimum atomic E-state index is -0.916. The summed E-state index contributed by atoms with van der Waals surface area (Å²) in [5.74, 6) is -0.993. The molecule has 0 aliphatic heterocycles. The van der Waals surface area contributed by atoms with Crippen molar-refractivity contribution in [1.82, 2.24) is 0 Å². The predicted octanol–water partition coefficient (Wildman–Crippen LogP) is 4.06. The van der Waals surface area contributed by atoms with Crippen molar-refractivity contribution in [1.29, 1.82) is 0 Å². The van der Waals surface area contributed by atoms with Crippen LogP contribution in [0.2, 0.25) is 0 Å². The van der Waals surface area contributed by atoms with E-state index in [1.807, 2.05) is 0 Å². The van der Waals surface area contributed by atoms with Crippen LogP contribution in [0.25, 0.3) is 0 Å². The van der Waals surface area contributed by atoms with Crippen LogP contribution in [-0.2, 0) is 15.0 Å². The molecule has 1 rings (SSSR count). The first-order valence-corrected chi connectivity index (χ1v) is 6.00. The Morgan fingerprint density at radius 1 is 1.05 bits per heavy atom. The summed E-state index contributed by atoms with van der Waals surface area (Å²) in [4.78, 5) is 19.8. The molecule has 0 heterocycles. The summed E-state index contributed by atoms with van der Waals surface area (Å²) < 4.78 is 0. The van der Waals surface area contributed by atoms with Crippen LogP contribution in [0.5, 0.6) is 0 Å². The smallest absolute Gasteiger partial charge is 0.303 e. The van der Waals surface area contributed by atoms with Crippen molar-refractivity contribution in [3.8, 4) is 0 Å². The van der Waals surface area contributed by atoms with Gasteiger partial charge in [0.2, 0.25) is 0 Å². The Morgan fingerprint density at radius 3 is 1.74 bits per heavy atom. The number of carbonyl (C=O) groups is 2. The number of hydrogen-bond donors (Lipinski definition) is 1. The summed E-state index contributed by atoms with van der Waals surface area (Å²) in [6, 6.07) is 10.6. The van der Waals surface area contributed by atoms with Crippen LogP contribution in [0.4, 0.5) is 0 Å². The van der Waals surface area contributed by atoms with Gasteiger partial charge < -0.3 is 9.90 Å². The summed E-state index contributed by atoms with van der Waals surface area (Å²) >= 11 is 0. The Labute approximate surface area is 116 Å². The van der Waals surface area contributed by atoms with Crippen molar-refractivity contribution in [2.75, 3.05) is 0 Å². The van der Waals surface area contributed by atoms with Crippen molar-refractivity contribution >= 4 is 11.8 Å². The van der Waals surface area contributed by atoms with Gasteiger partial charge in [0.25, 0.3) is 0 Å². The summed E-state index contributed by atoms with van der Waals surface area (Å²) in [6.07, 6.45) is 0.102. The molecule has 3 heteroatoms. The van der Waals surface area contributed by atoms with E-state index in [9.17, 15) is 9.59 Å². The maximum absolute atomic E-state index is 10.1. The van der Waals surface area contributed by atoms with Crippen molar-refractivity contribution in [2.24, 2.45) is 0 Å². The second-order valence-electron chi connectivity index (χ2n) is 5.21. The second kappa shape index (κ2) is 9.31. The number of benzene rings is 1.